The van der Waals surface area contributed by atoms with E-state index >= 15 is 0 Å². The highest BCUT2D eigenvalue weighted by atomic mass is 15.0. The number of unbranched alkanes of at least 4 members (excludes halogenated alkanes) is 1. The Labute approximate surface area is 83.3 Å². The van der Waals surface area contributed by atoms with Crippen LogP contribution in [0.25, 0.3) is 0 Å². The van der Waals surface area contributed by atoms with Crippen LogP contribution >= 0.6 is 0 Å². The fourth-order valence-electron chi connectivity index (χ4n) is 1.67. The smallest absolute Gasteiger partial charge is 0.00684 e. The summed E-state index contributed by atoms with van der Waals surface area (Å²) in [6.07, 6.45) is 8.24. The molecule has 13 heavy (non-hydrogen) atoms. The maximum atomic E-state index is 3.66. The van der Waals surface area contributed by atoms with Gasteiger partial charge >= 0.3 is 0 Å². The molecule has 1 rings (SSSR count). The third-order valence-corrected chi connectivity index (χ3v) is 3.38. The Bertz CT molecular complexity index is 140. The van der Waals surface area contributed by atoms with E-state index in [-0.39, 0.29) is 0 Å². The molecule has 0 bridgehead atoms. The van der Waals surface area contributed by atoms with Crippen LogP contribution in [0.15, 0.2) is 0 Å². The van der Waals surface area contributed by atoms with Gasteiger partial charge in [0, 0.05) is 12.6 Å². The number of hydrogen-bond acceptors (Lipinski definition) is 1. The second-order valence-electron chi connectivity index (χ2n) is 4.92. The predicted octanol–water partition coefficient (Wildman–Crippen LogP) is 3.34. The van der Waals surface area contributed by atoms with E-state index in [0.717, 1.165) is 6.04 Å². The minimum absolute atomic E-state index is 0.554. The molecule has 0 amide bonds. The Morgan fingerprint density at radius 3 is 2.46 bits per heavy atom. The summed E-state index contributed by atoms with van der Waals surface area (Å²) < 4.78 is 0. The van der Waals surface area contributed by atoms with Crippen molar-refractivity contribution in [1.29, 1.82) is 0 Å². The van der Waals surface area contributed by atoms with Crippen molar-refractivity contribution in [2.75, 3.05) is 6.54 Å². The van der Waals surface area contributed by atoms with Crippen LogP contribution < -0.4 is 5.32 Å². The van der Waals surface area contributed by atoms with Gasteiger partial charge in [-0.1, -0.05) is 33.6 Å². The Balaban J connectivity index is 2.19. The summed E-state index contributed by atoms with van der Waals surface area (Å²) in [5.41, 5.74) is 0.554. The Morgan fingerprint density at radius 2 is 2.00 bits per heavy atom. The first-order valence-corrected chi connectivity index (χ1v) is 5.93. The van der Waals surface area contributed by atoms with Gasteiger partial charge in [0.15, 0.2) is 0 Å². The second-order valence-corrected chi connectivity index (χ2v) is 4.92. The van der Waals surface area contributed by atoms with Crippen molar-refractivity contribution in [1.82, 2.24) is 5.32 Å². The van der Waals surface area contributed by atoms with Crippen LogP contribution in [0.1, 0.15) is 59.3 Å². The minimum Gasteiger partial charge on any atom is -0.313 e. The topological polar surface area (TPSA) is 12.0 Å². The van der Waals surface area contributed by atoms with E-state index in [1.54, 1.807) is 0 Å². The van der Waals surface area contributed by atoms with E-state index in [4.69, 9.17) is 0 Å². The zero-order valence-corrected chi connectivity index (χ0v) is 9.53. The maximum absolute atomic E-state index is 3.66. The van der Waals surface area contributed by atoms with Gasteiger partial charge in [0.25, 0.3) is 0 Å². The largest absolute Gasteiger partial charge is 0.313 e. The summed E-state index contributed by atoms with van der Waals surface area (Å²) in [5, 5.41) is 3.66. The van der Waals surface area contributed by atoms with Crippen LogP contribution in [-0.4, -0.2) is 12.6 Å². The molecule has 0 heterocycles. The van der Waals surface area contributed by atoms with Crippen molar-refractivity contribution in [3.8, 4) is 0 Å². The SMILES string of the molecule is CCCCC(C)(CC)CNC1CC1. The molecule has 78 valence electrons. The molecule has 0 aromatic heterocycles. The summed E-state index contributed by atoms with van der Waals surface area (Å²) in [4.78, 5) is 0. The molecule has 0 aromatic rings. The molecule has 1 nitrogen and oxygen atoms in total. The van der Waals surface area contributed by atoms with Crippen LogP contribution in [-0.2, 0) is 0 Å². The van der Waals surface area contributed by atoms with E-state index < -0.39 is 0 Å². The van der Waals surface area contributed by atoms with Crippen LogP contribution in [0, 0.1) is 5.41 Å². The van der Waals surface area contributed by atoms with Crippen LogP contribution in [0.4, 0.5) is 0 Å². The van der Waals surface area contributed by atoms with Gasteiger partial charge in [-0.15, -0.1) is 0 Å². The Hall–Kier alpha value is -0.0400. The number of rotatable bonds is 7. The fraction of sp³-hybridized carbons (Fsp3) is 1.00. The molecule has 0 spiro atoms. The van der Waals surface area contributed by atoms with Crippen molar-refractivity contribution in [3.05, 3.63) is 0 Å². The molecule has 0 saturated heterocycles. The molecule has 1 aliphatic carbocycles. The number of hydrogen-bond donors (Lipinski definition) is 1. The van der Waals surface area contributed by atoms with E-state index in [1.807, 2.05) is 0 Å². The van der Waals surface area contributed by atoms with Crippen molar-refractivity contribution in [2.45, 2.75) is 65.3 Å². The van der Waals surface area contributed by atoms with Gasteiger partial charge in [0.1, 0.15) is 0 Å². The lowest BCUT2D eigenvalue weighted by atomic mass is 9.82. The van der Waals surface area contributed by atoms with Gasteiger partial charge in [-0.05, 0) is 31.1 Å². The third-order valence-electron chi connectivity index (χ3n) is 3.38. The van der Waals surface area contributed by atoms with Crippen molar-refractivity contribution in [2.24, 2.45) is 5.41 Å². The van der Waals surface area contributed by atoms with Gasteiger partial charge in [-0.25, -0.2) is 0 Å². The zero-order chi connectivity index (χ0) is 9.73. The van der Waals surface area contributed by atoms with Crippen LogP contribution in [0.2, 0.25) is 0 Å². The zero-order valence-electron chi connectivity index (χ0n) is 9.53. The molecular formula is C12H25N. The van der Waals surface area contributed by atoms with Crippen molar-refractivity contribution < 1.29 is 0 Å². The predicted molar refractivity (Wildman–Crippen MR) is 58.9 cm³/mol. The summed E-state index contributed by atoms with van der Waals surface area (Å²) in [7, 11) is 0. The monoisotopic (exact) mass is 183 g/mol. The van der Waals surface area contributed by atoms with Crippen molar-refractivity contribution >= 4 is 0 Å². The highest BCUT2D eigenvalue weighted by molar-refractivity contribution is 4.85. The van der Waals surface area contributed by atoms with Crippen molar-refractivity contribution in [3.63, 3.8) is 0 Å². The molecule has 1 saturated carbocycles. The standard InChI is InChI=1S/C12H25N/c1-4-6-9-12(3,5-2)10-13-11-7-8-11/h11,13H,4-10H2,1-3H3. The molecule has 0 aromatic carbocycles. The van der Waals surface area contributed by atoms with E-state index in [2.05, 4.69) is 26.1 Å². The summed E-state index contributed by atoms with van der Waals surface area (Å²) in [6.45, 7) is 8.26. The van der Waals surface area contributed by atoms with Gasteiger partial charge in [-0.3, -0.25) is 0 Å². The molecule has 1 unspecified atom stereocenters. The first-order chi connectivity index (χ1) is 6.20. The molecule has 0 aliphatic heterocycles. The van der Waals surface area contributed by atoms with Gasteiger partial charge in [-0.2, -0.15) is 0 Å². The van der Waals surface area contributed by atoms with E-state index in [9.17, 15) is 0 Å². The molecule has 1 aliphatic rings. The van der Waals surface area contributed by atoms with Crippen LogP contribution in [0.3, 0.4) is 0 Å². The Morgan fingerprint density at radius 1 is 1.31 bits per heavy atom. The molecule has 1 fully saturated rings. The highest BCUT2D eigenvalue weighted by Crippen LogP contribution is 2.29. The molecule has 0 radical (unpaired) electrons. The average molecular weight is 183 g/mol. The fourth-order valence-corrected chi connectivity index (χ4v) is 1.67. The average Bonchev–Trinajstić information content (AvgIpc) is 2.95. The third kappa shape index (κ3) is 4.12. The molecule has 1 N–H and O–H groups in total. The summed E-state index contributed by atoms with van der Waals surface area (Å²) in [6, 6.07) is 0.868. The maximum Gasteiger partial charge on any atom is 0.00684 e. The van der Waals surface area contributed by atoms with E-state index in [1.165, 1.54) is 45.1 Å². The lowest BCUT2D eigenvalue weighted by Gasteiger charge is -2.28. The highest BCUT2D eigenvalue weighted by Gasteiger charge is 2.26. The molecule has 1 atom stereocenters. The van der Waals surface area contributed by atoms with Crippen LogP contribution in [0.5, 0.6) is 0 Å². The lowest BCUT2D eigenvalue weighted by Crippen LogP contribution is -2.32. The molecular weight excluding hydrogens is 158 g/mol. The minimum atomic E-state index is 0.554. The van der Waals surface area contributed by atoms with Gasteiger partial charge in [0.2, 0.25) is 0 Å². The lowest BCUT2D eigenvalue weighted by molar-refractivity contribution is 0.261. The van der Waals surface area contributed by atoms with E-state index in [0.29, 0.717) is 5.41 Å². The van der Waals surface area contributed by atoms with Gasteiger partial charge in [0.05, 0.1) is 0 Å². The first-order valence-electron chi connectivity index (χ1n) is 5.93. The molecule has 1 heteroatoms. The second kappa shape index (κ2) is 4.99. The normalized spacial score (nSPS) is 21.5. The quantitative estimate of drug-likeness (QED) is 0.638. The first kappa shape index (κ1) is 11.0. The number of nitrogens with one attached hydrogen (secondary N) is 1. The Kier molecular flexibility index (Phi) is 4.24. The summed E-state index contributed by atoms with van der Waals surface area (Å²) >= 11 is 0. The summed E-state index contributed by atoms with van der Waals surface area (Å²) in [5.74, 6) is 0. The van der Waals surface area contributed by atoms with Gasteiger partial charge < -0.3 is 5.32 Å².